The van der Waals surface area contributed by atoms with Crippen molar-refractivity contribution < 1.29 is 4.79 Å². The number of rotatable bonds is 6. The van der Waals surface area contributed by atoms with Crippen LogP contribution >= 0.6 is 15.9 Å². The molecule has 1 amide bonds. The van der Waals surface area contributed by atoms with Crippen LogP contribution in [0, 0.1) is 17.2 Å². The highest BCUT2D eigenvalue weighted by Gasteiger charge is 2.45. The van der Waals surface area contributed by atoms with E-state index >= 15 is 0 Å². The second kappa shape index (κ2) is 7.67. The summed E-state index contributed by atoms with van der Waals surface area (Å²) in [5.74, 6) is 0.508. The number of carbonyl (C=O) groups excluding carboxylic acids is 1. The van der Waals surface area contributed by atoms with Gasteiger partial charge >= 0.3 is 0 Å². The molecule has 0 N–H and O–H groups in total. The number of nitriles is 1. The lowest BCUT2D eigenvalue weighted by molar-refractivity contribution is -0.132. The van der Waals surface area contributed by atoms with Gasteiger partial charge in [-0.3, -0.25) is 4.79 Å². The predicted octanol–water partition coefficient (Wildman–Crippen LogP) is 4.64. The van der Waals surface area contributed by atoms with Crippen LogP contribution in [0.5, 0.6) is 0 Å². The fraction of sp³-hybridized carbons (Fsp3) is 0.238. The molecule has 0 aromatic heterocycles. The van der Waals surface area contributed by atoms with E-state index in [0.717, 1.165) is 16.5 Å². The summed E-state index contributed by atoms with van der Waals surface area (Å²) < 4.78 is 1.05. The summed E-state index contributed by atoms with van der Waals surface area (Å²) in [5.41, 5.74) is 2.80. The van der Waals surface area contributed by atoms with Gasteiger partial charge < -0.3 is 4.90 Å². The third-order valence-electron chi connectivity index (χ3n) is 4.50. The van der Waals surface area contributed by atoms with Crippen molar-refractivity contribution in [1.29, 1.82) is 5.26 Å². The van der Waals surface area contributed by atoms with Gasteiger partial charge in [-0.1, -0.05) is 46.3 Å². The van der Waals surface area contributed by atoms with Crippen LogP contribution < -0.4 is 0 Å². The Hall–Kier alpha value is -2.38. The van der Waals surface area contributed by atoms with Crippen molar-refractivity contribution in [2.75, 3.05) is 6.54 Å². The maximum Gasteiger partial charge on any atom is 0.226 e. The van der Waals surface area contributed by atoms with Crippen molar-refractivity contribution in [3.8, 4) is 6.07 Å². The van der Waals surface area contributed by atoms with Crippen LogP contribution in [-0.2, 0) is 11.3 Å². The molecule has 0 spiro atoms. The zero-order valence-corrected chi connectivity index (χ0v) is 15.4. The number of halogens is 1. The molecule has 25 heavy (non-hydrogen) atoms. The summed E-state index contributed by atoms with van der Waals surface area (Å²) in [4.78, 5) is 14.7. The van der Waals surface area contributed by atoms with Gasteiger partial charge in [0.25, 0.3) is 0 Å². The molecule has 2 aromatic rings. The number of nitrogens with zero attached hydrogens (tertiary/aromatic N) is 2. The van der Waals surface area contributed by atoms with Gasteiger partial charge in [0.1, 0.15) is 0 Å². The van der Waals surface area contributed by atoms with Crippen LogP contribution in [-0.4, -0.2) is 17.4 Å². The van der Waals surface area contributed by atoms with E-state index in [1.807, 2.05) is 35.2 Å². The fourth-order valence-electron chi connectivity index (χ4n) is 3.13. The summed E-state index contributed by atoms with van der Waals surface area (Å²) in [6, 6.07) is 17.7. The lowest BCUT2D eigenvalue weighted by atomic mass is 10.1. The molecule has 0 aliphatic heterocycles. The maximum atomic E-state index is 12.9. The Morgan fingerprint density at radius 1 is 1.32 bits per heavy atom. The Bertz CT molecular complexity index is 823. The number of hydrogen-bond donors (Lipinski definition) is 0. The van der Waals surface area contributed by atoms with Crippen LogP contribution in [0.1, 0.15) is 29.0 Å². The zero-order chi connectivity index (χ0) is 17.8. The molecule has 2 atom stereocenters. The first-order valence-electron chi connectivity index (χ1n) is 8.26. The van der Waals surface area contributed by atoms with Crippen molar-refractivity contribution in [3.63, 3.8) is 0 Å². The molecule has 0 radical (unpaired) electrons. The summed E-state index contributed by atoms with van der Waals surface area (Å²) in [6.45, 7) is 4.79. The highest BCUT2D eigenvalue weighted by atomic mass is 79.9. The third kappa shape index (κ3) is 4.18. The molecule has 1 aliphatic carbocycles. The molecule has 0 saturated heterocycles. The molecule has 3 rings (SSSR count). The Kier molecular flexibility index (Phi) is 5.35. The number of carbonyl (C=O) groups is 1. The van der Waals surface area contributed by atoms with Crippen LogP contribution in [0.3, 0.4) is 0 Å². The highest BCUT2D eigenvalue weighted by molar-refractivity contribution is 9.10. The number of hydrogen-bond acceptors (Lipinski definition) is 2. The molecule has 126 valence electrons. The summed E-state index contributed by atoms with van der Waals surface area (Å²) in [7, 11) is 0. The fourth-order valence-corrected chi connectivity index (χ4v) is 3.39. The monoisotopic (exact) mass is 394 g/mol. The maximum absolute atomic E-state index is 12.9. The van der Waals surface area contributed by atoms with E-state index in [1.54, 1.807) is 12.1 Å². The number of benzene rings is 2. The van der Waals surface area contributed by atoms with Crippen LogP contribution in [0.2, 0.25) is 0 Å². The molecule has 1 saturated carbocycles. The van der Waals surface area contributed by atoms with Crippen LogP contribution in [0.4, 0.5) is 0 Å². The normalized spacial score (nSPS) is 18.2. The summed E-state index contributed by atoms with van der Waals surface area (Å²) >= 11 is 3.44. The largest absolute Gasteiger partial charge is 0.334 e. The van der Waals surface area contributed by atoms with Gasteiger partial charge in [0.2, 0.25) is 5.91 Å². The van der Waals surface area contributed by atoms with Crippen molar-refractivity contribution in [2.45, 2.75) is 18.9 Å². The summed E-state index contributed by atoms with van der Waals surface area (Å²) in [5, 5.41) is 9.04. The lowest BCUT2D eigenvalue weighted by Crippen LogP contribution is -2.32. The van der Waals surface area contributed by atoms with E-state index in [2.05, 4.69) is 40.7 Å². The second-order valence-corrected chi connectivity index (χ2v) is 7.24. The van der Waals surface area contributed by atoms with Gasteiger partial charge in [-0.15, -0.1) is 6.58 Å². The molecule has 0 bridgehead atoms. The zero-order valence-electron chi connectivity index (χ0n) is 13.9. The molecule has 1 aliphatic rings. The SMILES string of the molecule is C=CCN(Cc1cccc(C#N)c1)C(=O)C1CC1c1ccc(Br)cc1. The Labute approximate surface area is 156 Å². The minimum absolute atomic E-state index is 0.0419. The van der Waals surface area contributed by atoms with Gasteiger partial charge in [0, 0.05) is 23.5 Å². The second-order valence-electron chi connectivity index (χ2n) is 6.32. The molecule has 4 heteroatoms. The van der Waals surface area contributed by atoms with E-state index in [4.69, 9.17) is 5.26 Å². The third-order valence-corrected chi connectivity index (χ3v) is 5.03. The molecular formula is C21H19BrN2O. The number of amides is 1. The van der Waals surface area contributed by atoms with Gasteiger partial charge in [0.05, 0.1) is 11.6 Å². The molecule has 1 fully saturated rings. The van der Waals surface area contributed by atoms with E-state index < -0.39 is 0 Å². The van der Waals surface area contributed by atoms with Crippen molar-refractivity contribution in [3.05, 3.63) is 82.3 Å². The molecule has 3 nitrogen and oxygen atoms in total. The first kappa shape index (κ1) is 17.4. The first-order valence-corrected chi connectivity index (χ1v) is 9.06. The average Bonchev–Trinajstić information content (AvgIpc) is 3.42. The minimum atomic E-state index is 0.0419. The van der Waals surface area contributed by atoms with Gasteiger partial charge in [-0.25, -0.2) is 0 Å². The minimum Gasteiger partial charge on any atom is -0.334 e. The lowest BCUT2D eigenvalue weighted by Gasteiger charge is -2.21. The van der Waals surface area contributed by atoms with E-state index in [1.165, 1.54) is 5.56 Å². The van der Waals surface area contributed by atoms with Gasteiger partial charge in [0.15, 0.2) is 0 Å². The Balaban J connectivity index is 1.70. The van der Waals surface area contributed by atoms with Crippen molar-refractivity contribution in [1.82, 2.24) is 4.90 Å². The molecule has 0 heterocycles. The van der Waals surface area contributed by atoms with Gasteiger partial charge in [-0.05, 0) is 47.7 Å². The van der Waals surface area contributed by atoms with Crippen molar-refractivity contribution in [2.24, 2.45) is 5.92 Å². The quantitative estimate of drug-likeness (QED) is 0.669. The standard InChI is InChI=1S/C21H19BrN2O/c1-2-10-24(14-16-5-3-4-15(11-16)13-23)21(25)20-12-19(20)17-6-8-18(22)9-7-17/h2-9,11,19-20H,1,10,12,14H2. The average molecular weight is 395 g/mol. The van der Waals surface area contributed by atoms with Crippen LogP contribution in [0.15, 0.2) is 65.7 Å². The smallest absolute Gasteiger partial charge is 0.226 e. The first-order chi connectivity index (χ1) is 12.1. The van der Waals surface area contributed by atoms with Crippen molar-refractivity contribution >= 4 is 21.8 Å². The summed E-state index contributed by atoms with van der Waals surface area (Å²) in [6.07, 6.45) is 2.65. The van der Waals surface area contributed by atoms with Crippen LogP contribution in [0.25, 0.3) is 0 Å². The van der Waals surface area contributed by atoms with Gasteiger partial charge in [-0.2, -0.15) is 5.26 Å². The molecule has 2 unspecified atom stereocenters. The Morgan fingerprint density at radius 3 is 2.76 bits per heavy atom. The topological polar surface area (TPSA) is 44.1 Å². The van der Waals surface area contributed by atoms with E-state index in [9.17, 15) is 4.79 Å². The molecule has 2 aromatic carbocycles. The van der Waals surface area contributed by atoms with E-state index in [-0.39, 0.29) is 11.8 Å². The predicted molar refractivity (Wildman–Crippen MR) is 102 cm³/mol. The van der Waals surface area contributed by atoms with E-state index in [0.29, 0.717) is 24.6 Å². The molecular weight excluding hydrogens is 376 g/mol. The highest BCUT2D eigenvalue weighted by Crippen LogP contribution is 2.48. The Morgan fingerprint density at radius 2 is 2.08 bits per heavy atom.